The molecule has 2 amide bonds. The molecular weight excluding hydrogens is 476 g/mol. The summed E-state index contributed by atoms with van der Waals surface area (Å²) in [6.07, 6.45) is 9.21. The second-order valence-electron chi connectivity index (χ2n) is 10.8. The quantitative estimate of drug-likeness (QED) is 0.447. The third-order valence-electron chi connectivity index (χ3n) is 8.41. The number of carbonyl (C=O) groups excluding carboxylic acids is 2. The zero-order valence-corrected chi connectivity index (χ0v) is 22.9. The Labute approximate surface area is 225 Å². The van der Waals surface area contributed by atoms with E-state index in [4.69, 9.17) is 9.72 Å². The van der Waals surface area contributed by atoms with Gasteiger partial charge in [-0.15, -0.1) is 0 Å². The van der Waals surface area contributed by atoms with Gasteiger partial charge in [0.2, 0.25) is 11.8 Å². The molecule has 2 fully saturated rings. The fourth-order valence-electron chi connectivity index (χ4n) is 5.77. The molecule has 0 spiro atoms. The van der Waals surface area contributed by atoms with Crippen LogP contribution in [0.5, 0.6) is 0 Å². The first kappa shape index (κ1) is 26.4. The largest absolute Gasteiger partial charge is 0.381 e. The van der Waals surface area contributed by atoms with Crippen LogP contribution in [0.1, 0.15) is 70.2 Å². The number of hydrogen-bond acceptors (Lipinski definition) is 4. The molecule has 1 N–H and O–H groups in total. The summed E-state index contributed by atoms with van der Waals surface area (Å²) >= 11 is 0. The van der Waals surface area contributed by atoms with E-state index in [1.807, 2.05) is 31.0 Å². The van der Waals surface area contributed by atoms with Gasteiger partial charge in [0.25, 0.3) is 0 Å². The van der Waals surface area contributed by atoms with E-state index in [1.54, 1.807) is 0 Å². The molecule has 1 aromatic carbocycles. The van der Waals surface area contributed by atoms with Gasteiger partial charge in [-0.05, 0) is 67.7 Å². The predicted molar refractivity (Wildman–Crippen MR) is 149 cm³/mol. The van der Waals surface area contributed by atoms with Crippen molar-refractivity contribution < 1.29 is 14.3 Å². The number of aromatic nitrogens is 2. The number of hydrogen-bond donors (Lipinski definition) is 1. The smallest absolute Gasteiger partial charge is 0.246 e. The molecule has 0 radical (unpaired) electrons. The van der Waals surface area contributed by atoms with Crippen LogP contribution in [0.15, 0.2) is 48.8 Å². The van der Waals surface area contributed by atoms with E-state index in [9.17, 15) is 9.59 Å². The van der Waals surface area contributed by atoms with Gasteiger partial charge in [0.1, 0.15) is 11.7 Å². The van der Waals surface area contributed by atoms with Crippen molar-refractivity contribution in [2.75, 3.05) is 19.8 Å². The van der Waals surface area contributed by atoms with Gasteiger partial charge in [-0.1, -0.05) is 45.0 Å². The SMILES string of the molecule is CCc1ccc(-c2cccn3cc([C@@H]4CCCN4C(=O)[C@@H](NC(=O)[C@H](C)CC)C4CCOCC4)nc23)cc1. The third-order valence-corrected chi connectivity index (χ3v) is 8.41. The summed E-state index contributed by atoms with van der Waals surface area (Å²) < 4.78 is 7.63. The Morgan fingerprint density at radius 2 is 1.87 bits per heavy atom. The van der Waals surface area contributed by atoms with Crippen molar-refractivity contribution in [1.29, 1.82) is 0 Å². The van der Waals surface area contributed by atoms with Crippen LogP contribution in [0.3, 0.4) is 0 Å². The minimum absolute atomic E-state index is 0.0171. The molecule has 0 bridgehead atoms. The normalized spacial score (nSPS) is 20.0. The number of likely N-dealkylation sites (tertiary alicyclic amines) is 1. The lowest BCUT2D eigenvalue weighted by Gasteiger charge is -2.35. The second-order valence-corrected chi connectivity index (χ2v) is 10.8. The van der Waals surface area contributed by atoms with Gasteiger partial charge in [-0.2, -0.15) is 0 Å². The number of rotatable bonds is 8. The van der Waals surface area contributed by atoms with Gasteiger partial charge in [-0.25, -0.2) is 4.98 Å². The van der Waals surface area contributed by atoms with Gasteiger partial charge in [0.05, 0.1) is 11.7 Å². The summed E-state index contributed by atoms with van der Waals surface area (Å²) in [5.74, 6) is -0.0601. The van der Waals surface area contributed by atoms with Crippen LogP contribution < -0.4 is 5.32 Å². The maximum absolute atomic E-state index is 14.1. The van der Waals surface area contributed by atoms with Crippen LogP contribution in [0.4, 0.5) is 0 Å². The lowest BCUT2D eigenvalue weighted by Crippen LogP contribution is -2.54. The van der Waals surface area contributed by atoms with E-state index in [0.717, 1.165) is 61.0 Å². The molecule has 38 heavy (non-hydrogen) atoms. The summed E-state index contributed by atoms with van der Waals surface area (Å²) in [6.45, 7) is 8.03. The molecular formula is C31H40N4O3. The number of benzene rings is 1. The van der Waals surface area contributed by atoms with Crippen LogP contribution in [0.2, 0.25) is 0 Å². The maximum atomic E-state index is 14.1. The number of carbonyl (C=O) groups is 2. The Morgan fingerprint density at radius 3 is 2.58 bits per heavy atom. The summed E-state index contributed by atoms with van der Waals surface area (Å²) in [6, 6.07) is 12.2. The average molecular weight is 517 g/mol. The van der Waals surface area contributed by atoms with Gasteiger partial charge in [0.15, 0.2) is 0 Å². The summed E-state index contributed by atoms with van der Waals surface area (Å²) in [7, 11) is 0. The van der Waals surface area contributed by atoms with Crippen molar-refractivity contribution in [2.24, 2.45) is 11.8 Å². The zero-order valence-electron chi connectivity index (χ0n) is 22.9. The topological polar surface area (TPSA) is 75.9 Å². The number of nitrogens with one attached hydrogen (secondary N) is 1. The molecule has 0 saturated carbocycles. The number of pyridine rings is 1. The standard InChI is InChI=1S/C31H40N4O3/c1-4-21(3)30(36)33-28(24-14-18-38-19-15-24)31(37)35-17-7-9-27(35)26-20-34-16-6-8-25(29(34)32-26)23-12-10-22(5-2)11-13-23/h6,8,10-13,16,20-21,24,27-28H,4-5,7,9,14-15,17-19H2,1-3H3,(H,33,36)/t21-,27+,28+/m1/s1. The number of imidazole rings is 1. The van der Waals surface area contributed by atoms with Crippen LogP contribution in [-0.2, 0) is 20.7 Å². The summed E-state index contributed by atoms with van der Waals surface area (Å²) in [5, 5.41) is 3.14. The number of aryl methyl sites for hydroxylation is 1. The van der Waals surface area contributed by atoms with E-state index in [1.165, 1.54) is 5.56 Å². The molecule has 5 rings (SSSR count). The molecule has 2 aromatic heterocycles. The monoisotopic (exact) mass is 516 g/mol. The average Bonchev–Trinajstić information content (AvgIpc) is 3.63. The van der Waals surface area contributed by atoms with Gasteiger partial charge in [-0.3, -0.25) is 9.59 Å². The highest BCUT2D eigenvalue weighted by atomic mass is 16.5. The Balaban J connectivity index is 1.43. The van der Waals surface area contributed by atoms with Crippen molar-refractivity contribution >= 4 is 17.5 Å². The third kappa shape index (κ3) is 5.35. The Kier molecular flexibility index (Phi) is 8.12. The molecule has 2 saturated heterocycles. The van der Waals surface area contributed by atoms with Crippen LogP contribution in [0.25, 0.3) is 16.8 Å². The molecule has 2 aliphatic rings. The lowest BCUT2D eigenvalue weighted by atomic mass is 9.90. The second kappa shape index (κ2) is 11.7. The van der Waals surface area contributed by atoms with Crippen molar-refractivity contribution in [1.82, 2.24) is 19.6 Å². The number of amides is 2. The Bertz CT molecular complexity index is 1260. The molecule has 7 nitrogen and oxygen atoms in total. The first-order chi connectivity index (χ1) is 18.5. The summed E-state index contributed by atoms with van der Waals surface area (Å²) in [5.41, 5.74) is 5.34. The lowest BCUT2D eigenvalue weighted by molar-refractivity contribution is -0.140. The zero-order chi connectivity index (χ0) is 26.6. The molecule has 7 heteroatoms. The van der Waals surface area contributed by atoms with Crippen molar-refractivity contribution in [3.8, 4) is 11.1 Å². The van der Waals surface area contributed by atoms with Crippen LogP contribution >= 0.6 is 0 Å². The molecule has 202 valence electrons. The van der Waals surface area contributed by atoms with E-state index in [2.05, 4.69) is 53.2 Å². The summed E-state index contributed by atoms with van der Waals surface area (Å²) in [4.78, 5) is 34.0. The molecule has 4 heterocycles. The molecule has 2 aliphatic heterocycles. The number of fused-ring (bicyclic) bond motifs is 1. The van der Waals surface area contributed by atoms with Crippen LogP contribution in [0, 0.1) is 11.8 Å². The Morgan fingerprint density at radius 1 is 1.11 bits per heavy atom. The fraction of sp³-hybridized carbons (Fsp3) is 0.516. The van der Waals surface area contributed by atoms with E-state index in [-0.39, 0.29) is 29.7 Å². The van der Waals surface area contributed by atoms with Crippen LogP contribution in [-0.4, -0.2) is 51.9 Å². The highest BCUT2D eigenvalue weighted by Crippen LogP contribution is 2.35. The van der Waals surface area contributed by atoms with Crippen molar-refractivity contribution in [3.63, 3.8) is 0 Å². The van der Waals surface area contributed by atoms with Crippen molar-refractivity contribution in [2.45, 2.75) is 71.4 Å². The first-order valence-corrected chi connectivity index (χ1v) is 14.3. The molecule has 3 aromatic rings. The minimum atomic E-state index is -0.523. The number of nitrogens with zero attached hydrogens (tertiary/aromatic N) is 3. The molecule has 3 atom stereocenters. The van der Waals surface area contributed by atoms with E-state index < -0.39 is 6.04 Å². The van der Waals surface area contributed by atoms with Gasteiger partial charge >= 0.3 is 0 Å². The molecule has 0 unspecified atom stereocenters. The first-order valence-electron chi connectivity index (χ1n) is 14.3. The van der Waals surface area contributed by atoms with E-state index >= 15 is 0 Å². The molecule has 0 aliphatic carbocycles. The number of ether oxygens (including phenoxy) is 1. The predicted octanol–water partition coefficient (Wildman–Crippen LogP) is 5.18. The fourth-order valence-corrected chi connectivity index (χ4v) is 5.77. The van der Waals surface area contributed by atoms with Gasteiger partial charge in [0, 0.05) is 43.6 Å². The van der Waals surface area contributed by atoms with Gasteiger partial charge < -0.3 is 19.4 Å². The maximum Gasteiger partial charge on any atom is 0.246 e. The highest BCUT2D eigenvalue weighted by molar-refractivity contribution is 5.89. The highest BCUT2D eigenvalue weighted by Gasteiger charge is 2.40. The van der Waals surface area contributed by atoms with Crippen molar-refractivity contribution in [3.05, 3.63) is 60.0 Å². The van der Waals surface area contributed by atoms with E-state index in [0.29, 0.717) is 19.8 Å². The Hall–Kier alpha value is -3.19. The minimum Gasteiger partial charge on any atom is -0.381 e.